The number of aliphatic hydroxyl groups excluding tert-OH is 1. The second kappa shape index (κ2) is 6.47. The summed E-state index contributed by atoms with van der Waals surface area (Å²) in [5.74, 6) is -0.0143. The number of nitrogens with zero attached hydrogens (tertiary/aromatic N) is 1. The van der Waals surface area contributed by atoms with Crippen LogP contribution in [0, 0.1) is 0 Å². The fourth-order valence-corrected chi connectivity index (χ4v) is 2.08. The van der Waals surface area contributed by atoms with Gasteiger partial charge in [0.15, 0.2) is 0 Å². The number of pyridine rings is 1. The van der Waals surface area contributed by atoms with Crippen molar-refractivity contribution in [3.8, 4) is 0 Å². The number of aliphatic hydroxyl groups is 1. The summed E-state index contributed by atoms with van der Waals surface area (Å²) in [4.78, 5) is 15.7. The Morgan fingerprint density at radius 3 is 3.00 bits per heavy atom. The lowest BCUT2D eigenvalue weighted by Gasteiger charge is -2.29. The molecular formula is C13H19N3O2. The van der Waals surface area contributed by atoms with E-state index in [1.165, 1.54) is 0 Å². The van der Waals surface area contributed by atoms with Gasteiger partial charge in [-0.1, -0.05) is 0 Å². The van der Waals surface area contributed by atoms with Crippen molar-refractivity contribution < 1.29 is 9.90 Å². The fourth-order valence-electron chi connectivity index (χ4n) is 2.08. The summed E-state index contributed by atoms with van der Waals surface area (Å²) in [7, 11) is 0. The van der Waals surface area contributed by atoms with E-state index in [0.29, 0.717) is 25.8 Å². The summed E-state index contributed by atoms with van der Waals surface area (Å²) >= 11 is 0. The number of carbonyl (C=O) groups is 1. The van der Waals surface area contributed by atoms with Crippen LogP contribution in [0.5, 0.6) is 0 Å². The molecule has 0 aromatic carbocycles. The first kappa shape index (κ1) is 13.0. The van der Waals surface area contributed by atoms with Gasteiger partial charge >= 0.3 is 0 Å². The predicted molar refractivity (Wildman–Crippen MR) is 68.0 cm³/mol. The Kier molecular flexibility index (Phi) is 4.66. The summed E-state index contributed by atoms with van der Waals surface area (Å²) in [5.41, 5.74) is 1.10. The molecule has 2 atom stereocenters. The molecule has 1 amide bonds. The summed E-state index contributed by atoms with van der Waals surface area (Å²) in [6, 6.07) is 3.65. The third-order valence-electron chi connectivity index (χ3n) is 3.18. The molecule has 0 unspecified atom stereocenters. The molecule has 1 fully saturated rings. The zero-order valence-electron chi connectivity index (χ0n) is 10.3. The van der Waals surface area contributed by atoms with Gasteiger partial charge in [-0.15, -0.1) is 0 Å². The lowest BCUT2D eigenvalue weighted by Crippen LogP contribution is -2.53. The van der Waals surface area contributed by atoms with Crippen LogP contribution >= 0.6 is 0 Å². The minimum absolute atomic E-state index is 0.0143. The molecule has 98 valence electrons. The molecule has 1 aliphatic rings. The van der Waals surface area contributed by atoms with E-state index in [0.717, 1.165) is 12.1 Å². The largest absolute Gasteiger partial charge is 0.391 e. The van der Waals surface area contributed by atoms with Crippen LogP contribution in [0.2, 0.25) is 0 Å². The molecule has 1 aromatic rings. The first-order valence-corrected chi connectivity index (χ1v) is 6.33. The summed E-state index contributed by atoms with van der Waals surface area (Å²) < 4.78 is 0. The monoisotopic (exact) mass is 249 g/mol. The van der Waals surface area contributed by atoms with Crippen molar-refractivity contribution in [3.63, 3.8) is 0 Å². The standard InChI is InChI=1S/C13H19N3O2/c17-12-5-8-15-9-11(12)16-13(18)2-1-10-3-6-14-7-4-10/h3-4,6-7,11-12,15,17H,1-2,5,8-9H2,(H,16,18)/t11-,12+/m0/s1. The number of carbonyl (C=O) groups excluding carboxylic acids is 1. The van der Waals surface area contributed by atoms with E-state index in [-0.39, 0.29) is 11.9 Å². The average Bonchev–Trinajstić information content (AvgIpc) is 2.40. The smallest absolute Gasteiger partial charge is 0.220 e. The van der Waals surface area contributed by atoms with Crippen molar-refractivity contribution >= 4 is 5.91 Å². The molecule has 5 nitrogen and oxygen atoms in total. The maximum Gasteiger partial charge on any atom is 0.220 e. The molecule has 5 heteroatoms. The van der Waals surface area contributed by atoms with Crippen molar-refractivity contribution in [3.05, 3.63) is 30.1 Å². The Morgan fingerprint density at radius 2 is 2.28 bits per heavy atom. The summed E-state index contributed by atoms with van der Waals surface area (Å²) in [5, 5.41) is 15.8. The highest BCUT2D eigenvalue weighted by atomic mass is 16.3. The van der Waals surface area contributed by atoms with Gasteiger partial charge in [-0.25, -0.2) is 0 Å². The van der Waals surface area contributed by atoms with Crippen molar-refractivity contribution in [1.82, 2.24) is 15.6 Å². The quantitative estimate of drug-likeness (QED) is 0.694. The van der Waals surface area contributed by atoms with Crippen LogP contribution in [0.1, 0.15) is 18.4 Å². The number of aryl methyl sites for hydroxylation is 1. The van der Waals surface area contributed by atoms with Crippen molar-refractivity contribution in [2.75, 3.05) is 13.1 Å². The molecule has 1 saturated heterocycles. The van der Waals surface area contributed by atoms with Crippen LogP contribution in [0.4, 0.5) is 0 Å². The lowest BCUT2D eigenvalue weighted by atomic mass is 10.0. The van der Waals surface area contributed by atoms with Gasteiger partial charge in [0.2, 0.25) is 5.91 Å². The Hall–Kier alpha value is -1.46. The molecule has 0 aliphatic carbocycles. The zero-order chi connectivity index (χ0) is 12.8. The summed E-state index contributed by atoms with van der Waals surface area (Å²) in [6.45, 7) is 1.45. The van der Waals surface area contributed by atoms with Gasteiger partial charge in [-0.3, -0.25) is 9.78 Å². The van der Waals surface area contributed by atoms with Crippen molar-refractivity contribution in [2.45, 2.75) is 31.4 Å². The first-order valence-electron chi connectivity index (χ1n) is 6.33. The Bertz CT molecular complexity index is 383. The molecule has 0 spiro atoms. The molecule has 2 heterocycles. The topological polar surface area (TPSA) is 74.2 Å². The van der Waals surface area contributed by atoms with E-state index in [1.807, 2.05) is 12.1 Å². The van der Waals surface area contributed by atoms with E-state index in [9.17, 15) is 9.90 Å². The number of nitrogens with one attached hydrogen (secondary N) is 2. The van der Waals surface area contributed by atoms with E-state index < -0.39 is 6.10 Å². The van der Waals surface area contributed by atoms with Gasteiger partial charge in [0.25, 0.3) is 0 Å². The van der Waals surface area contributed by atoms with Gasteiger partial charge in [-0.05, 0) is 37.1 Å². The minimum Gasteiger partial charge on any atom is -0.391 e. The molecular weight excluding hydrogens is 230 g/mol. The molecule has 18 heavy (non-hydrogen) atoms. The molecule has 1 aliphatic heterocycles. The molecule has 0 saturated carbocycles. The second-order valence-electron chi connectivity index (χ2n) is 4.59. The highest BCUT2D eigenvalue weighted by molar-refractivity contribution is 5.76. The average molecular weight is 249 g/mol. The Morgan fingerprint density at radius 1 is 1.50 bits per heavy atom. The van der Waals surface area contributed by atoms with Gasteiger partial charge < -0.3 is 15.7 Å². The first-order chi connectivity index (χ1) is 8.75. The van der Waals surface area contributed by atoms with Crippen molar-refractivity contribution in [1.29, 1.82) is 0 Å². The number of rotatable bonds is 4. The van der Waals surface area contributed by atoms with Gasteiger partial charge in [0.1, 0.15) is 0 Å². The van der Waals surface area contributed by atoms with Crippen LogP contribution < -0.4 is 10.6 Å². The predicted octanol–water partition coefficient (Wildman–Crippen LogP) is -0.147. The van der Waals surface area contributed by atoms with Gasteiger partial charge in [0, 0.05) is 25.4 Å². The van der Waals surface area contributed by atoms with Crippen LogP contribution in [0.15, 0.2) is 24.5 Å². The summed E-state index contributed by atoms with van der Waals surface area (Å²) in [6.07, 6.45) is 4.84. The molecule has 0 bridgehead atoms. The number of hydrogen-bond donors (Lipinski definition) is 3. The van der Waals surface area contributed by atoms with Crippen LogP contribution in [-0.2, 0) is 11.2 Å². The number of amides is 1. The molecule has 3 N–H and O–H groups in total. The third-order valence-corrected chi connectivity index (χ3v) is 3.18. The third kappa shape index (κ3) is 3.78. The maximum absolute atomic E-state index is 11.8. The normalized spacial score (nSPS) is 23.6. The maximum atomic E-state index is 11.8. The minimum atomic E-state index is -0.434. The van der Waals surface area contributed by atoms with Gasteiger partial charge in [-0.2, -0.15) is 0 Å². The molecule has 1 aromatic heterocycles. The van der Waals surface area contributed by atoms with Gasteiger partial charge in [0.05, 0.1) is 12.1 Å². The SMILES string of the molecule is O=C(CCc1ccncc1)N[C@H]1CNCC[C@H]1O. The Labute approximate surface area is 107 Å². The van der Waals surface area contributed by atoms with Crippen LogP contribution in [-0.4, -0.2) is 41.2 Å². The van der Waals surface area contributed by atoms with E-state index in [2.05, 4.69) is 15.6 Å². The molecule has 2 rings (SSSR count). The van der Waals surface area contributed by atoms with Crippen molar-refractivity contribution in [2.24, 2.45) is 0 Å². The zero-order valence-corrected chi connectivity index (χ0v) is 10.3. The Balaban J connectivity index is 1.75. The van der Waals surface area contributed by atoms with Crippen LogP contribution in [0.25, 0.3) is 0 Å². The van der Waals surface area contributed by atoms with Crippen LogP contribution in [0.3, 0.4) is 0 Å². The number of hydrogen-bond acceptors (Lipinski definition) is 4. The fraction of sp³-hybridized carbons (Fsp3) is 0.538. The highest BCUT2D eigenvalue weighted by Gasteiger charge is 2.23. The number of aromatic nitrogens is 1. The number of piperidine rings is 1. The molecule has 0 radical (unpaired) electrons. The van der Waals surface area contributed by atoms with E-state index in [4.69, 9.17) is 0 Å². The second-order valence-corrected chi connectivity index (χ2v) is 4.59. The lowest BCUT2D eigenvalue weighted by molar-refractivity contribution is -0.122. The highest BCUT2D eigenvalue weighted by Crippen LogP contribution is 2.05. The van der Waals surface area contributed by atoms with E-state index in [1.54, 1.807) is 12.4 Å². The van der Waals surface area contributed by atoms with E-state index >= 15 is 0 Å².